The van der Waals surface area contributed by atoms with Crippen molar-refractivity contribution in [2.45, 2.75) is 19.8 Å². The molecule has 0 saturated carbocycles. The molecule has 2 aromatic rings. The molecule has 2 aliphatic heterocycles. The Morgan fingerprint density at radius 1 is 1.00 bits per heavy atom. The van der Waals surface area contributed by atoms with Gasteiger partial charge in [-0.25, -0.2) is 0 Å². The molecule has 2 fully saturated rings. The minimum atomic E-state index is 0.0240. The van der Waals surface area contributed by atoms with Crippen LogP contribution in [0.1, 0.15) is 28.8 Å². The first kappa shape index (κ1) is 18.8. The molecule has 2 aliphatic rings. The lowest BCUT2D eigenvalue weighted by molar-refractivity contribution is -0.117. The maximum Gasteiger partial charge on any atom is 0.254 e. The van der Waals surface area contributed by atoms with Crippen molar-refractivity contribution >= 4 is 34.8 Å². The summed E-state index contributed by atoms with van der Waals surface area (Å²) < 4.78 is 0. The third-order valence-electron chi connectivity index (χ3n) is 5.56. The summed E-state index contributed by atoms with van der Waals surface area (Å²) >= 11 is 6.15. The molecule has 0 aliphatic carbocycles. The average molecular weight is 398 g/mol. The minimum Gasteiger partial charge on any atom is -0.368 e. The predicted octanol–water partition coefficient (Wildman–Crippen LogP) is 3.74. The quantitative estimate of drug-likeness (QED) is 0.792. The van der Waals surface area contributed by atoms with Gasteiger partial charge >= 0.3 is 0 Å². The molecule has 0 aromatic heterocycles. The highest BCUT2D eigenvalue weighted by Gasteiger charge is 2.25. The number of hydrogen-bond donors (Lipinski definition) is 0. The van der Waals surface area contributed by atoms with Crippen LogP contribution < -0.4 is 9.80 Å². The SMILES string of the molecule is Cc1ccc(Cl)cc1N1CCN(C(=O)c2cccc(N3CCCC3=O)c2)CC1. The van der Waals surface area contributed by atoms with Crippen LogP contribution in [0, 0.1) is 6.92 Å². The topological polar surface area (TPSA) is 43.9 Å². The van der Waals surface area contributed by atoms with Crippen LogP contribution in [0.15, 0.2) is 42.5 Å². The van der Waals surface area contributed by atoms with E-state index in [1.54, 1.807) is 4.90 Å². The van der Waals surface area contributed by atoms with E-state index >= 15 is 0 Å². The van der Waals surface area contributed by atoms with Crippen molar-refractivity contribution in [2.24, 2.45) is 0 Å². The molecular weight excluding hydrogens is 374 g/mol. The van der Waals surface area contributed by atoms with E-state index < -0.39 is 0 Å². The zero-order valence-electron chi connectivity index (χ0n) is 16.0. The van der Waals surface area contributed by atoms with E-state index in [1.165, 1.54) is 5.56 Å². The van der Waals surface area contributed by atoms with Crippen molar-refractivity contribution in [2.75, 3.05) is 42.5 Å². The molecule has 146 valence electrons. The van der Waals surface area contributed by atoms with Crippen LogP contribution in [-0.2, 0) is 4.79 Å². The van der Waals surface area contributed by atoms with Crippen LogP contribution in [0.25, 0.3) is 0 Å². The molecule has 4 rings (SSSR count). The molecule has 6 heteroatoms. The average Bonchev–Trinajstić information content (AvgIpc) is 3.15. The molecule has 2 aromatic carbocycles. The Labute approximate surface area is 170 Å². The summed E-state index contributed by atoms with van der Waals surface area (Å²) in [4.78, 5) is 30.9. The second kappa shape index (κ2) is 7.84. The molecule has 2 heterocycles. The number of piperazine rings is 1. The van der Waals surface area contributed by atoms with Gasteiger partial charge in [-0.2, -0.15) is 0 Å². The molecule has 5 nitrogen and oxygen atoms in total. The van der Waals surface area contributed by atoms with Crippen molar-refractivity contribution in [1.29, 1.82) is 0 Å². The van der Waals surface area contributed by atoms with Gasteiger partial charge in [-0.05, 0) is 49.2 Å². The Morgan fingerprint density at radius 2 is 1.79 bits per heavy atom. The monoisotopic (exact) mass is 397 g/mol. The van der Waals surface area contributed by atoms with Crippen LogP contribution in [0.4, 0.5) is 11.4 Å². The van der Waals surface area contributed by atoms with Gasteiger partial charge in [-0.3, -0.25) is 9.59 Å². The first-order valence-corrected chi connectivity index (χ1v) is 10.1. The van der Waals surface area contributed by atoms with Crippen molar-refractivity contribution < 1.29 is 9.59 Å². The zero-order chi connectivity index (χ0) is 19.7. The molecule has 0 radical (unpaired) electrons. The number of halogens is 1. The summed E-state index contributed by atoms with van der Waals surface area (Å²) in [6, 6.07) is 13.4. The fourth-order valence-electron chi connectivity index (χ4n) is 3.98. The largest absolute Gasteiger partial charge is 0.368 e. The van der Waals surface area contributed by atoms with Gasteiger partial charge in [0.05, 0.1) is 0 Å². The number of rotatable bonds is 3. The van der Waals surface area contributed by atoms with Gasteiger partial charge < -0.3 is 14.7 Å². The number of benzene rings is 2. The molecule has 0 bridgehead atoms. The molecule has 0 atom stereocenters. The van der Waals surface area contributed by atoms with Gasteiger partial charge in [-0.1, -0.05) is 23.7 Å². The van der Waals surface area contributed by atoms with E-state index in [-0.39, 0.29) is 11.8 Å². The highest BCUT2D eigenvalue weighted by molar-refractivity contribution is 6.30. The van der Waals surface area contributed by atoms with Crippen molar-refractivity contribution in [1.82, 2.24) is 4.90 Å². The van der Waals surface area contributed by atoms with E-state index in [0.29, 0.717) is 25.1 Å². The summed E-state index contributed by atoms with van der Waals surface area (Å²) in [5.74, 6) is 0.158. The van der Waals surface area contributed by atoms with Crippen LogP contribution in [0.3, 0.4) is 0 Å². The number of aryl methyl sites for hydroxylation is 1. The summed E-state index contributed by atoms with van der Waals surface area (Å²) in [6.45, 7) is 5.69. The molecule has 28 heavy (non-hydrogen) atoms. The van der Waals surface area contributed by atoms with E-state index in [0.717, 1.165) is 42.5 Å². The summed E-state index contributed by atoms with van der Waals surface area (Å²) in [7, 11) is 0. The molecule has 2 saturated heterocycles. The summed E-state index contributed by atoms with van der Waals surface area (Å²) in [5.41, 5.74) is 3.78. The van der Waals surface area contributed by atoms with Gasteiger partial charge in [0.1, 0.15) is 0 Å². The third kappa shape index (κ3) is 3.72. The Bertz CT molecular complexity index is 906. The first-order valence-electron chi connectivity index (χ1n) is 9.74. The lowest BCUT2D eigenvalue weighted by Gasteiger charge is -2.37. The van der Waals surface area contributed by atoms with E-state index in [4.69, 9.17) is 11.6 Å². The van der Waals surface area contributed by atoms with Gasteiger partial charge in [0.25, 0.3) is 5.91 Å². The summed E-state index contributed by atoms with van der Waals surface area (Å²) in [5, 5.41) is 0.729. The highest BCUT2D eigenvalue weighted by Crippen LogP contribution is 2.26. The molecule has 0 unspecified atom stereocenters. The Balaban J connectivity index is 1.44. The van der Waals surface area contributed by atoms with E-state index in [9.17, 15) is 9.59 Å². The fourth-order valence-corrected chi connectivity index (χ4v) is 4.15. The van der Waals surface area contributed by atoms with Crippen LogP contribution in [0.2, 0.25) is 5.02 Å². The number of carbonyl (C=O) groups is 2. The lowest BCUT2D eigenvalue weighted by atomic mass is 10.1. The maximum absolute atomic E-state index is 13.0. The van der Waals surface area contributed by atoms with Gasteiger partial charge in [0.15, 0.2) is 0 Å². The number of amides is 2. The first-order chi connectivity index (χ1) is 13.5. The number of anilines is 2. The maximum atomic E-state index is 13.0. The van der Waals surface area contributed by atoms with Crippen molar-refractivity contribution in [3.8, 4) is 0 Å². The number of hydrogen-bond acceptors (Lipinski definition) is 3. The predicted molar refractivity (Wildman–Crippen MR) is 112 cm³/mol. The van der Waals surface area contributed by atoms with E-state index in [1.807, 2.05) is 47.4 Å². The second-order valence-corrected chi connectivity index (χ2v) is 7.85. The Hall–Kier alpha value is -2.53. The van der Waals surface area contributed by atoms with Crippen LogP contribution >= 0.6 is 11.6 Å². The van der Waals surface area contributed by atoms with Crippen LogP contribution in [0.5, 0.6) is 0 Å². The smallest absolute Gasteiger partial charge is 0.254 e. The molecule has 2 amide bonds. The highest BCUT2D eigenvalue weighted by atomic mass is 35.5. The fraction of sp³-hybridized carbons (Fsp3) is 0.364. The lowest BCUT2D eigenvalue weighted by Crippen LogP contribution is -2.49. The van der Waals surface area contributed by atoms with Gasteiger partial charge in [0, 0.05) is 61.1 Å². The standard InChI is InChI=1S/C22H24ClN3O2/c1-16-7-8-18(23)15-20(16)24-10-12-25(13-11-24)22(28)17-4-2-5-19(14-17)26-9-3-6-21(26)27/h2,4-5,7-8,14-15H,3,6,9-13H2,1H3. The second-order valence-electron chi connectivity index (χ2n) is 7.41. The molecule has 0 spiro atoms. The number of nitrogens with zero attached hydrogens (tertiary/aromatic N) is 3. The van der Waals surface area contributed by atoms with Gasteiger partial charge in [0.2, 0.25) is 5.91 Å². The van der Waals surface area contributed by atoms with Crippen LogP contribution in [-0.4, -0.2) is 49.4 Å². The number of carbonyl (C=O) groups excluding carboxylic acids is 2. The zero-order valence-corrected chi connectivity index (χ0v) is 16.8. The van der Waals surface area contributed by atoms with Crippen molar-refractivity contribution in [3.63, 3.8) is 0 Å². The third-order valence-corrected chi connectivity index (χ3v) is 5.79. The van der Waals surface area contributed by atoms with E-state index in [2.05, 4.69) is 11.8 Å². The van der Waals surface area contributed by atoms with Gasteiger partial charge in [-0.15, -0.1) is 0 Å². The van der Waals surface area contributed by atoms with Crippen molar-refractivity contribution in [3.05, 3.63) is 58.6 Å². The normalized spacial score (nSPS) is 17.4. The molecular formula is C22H24ClN3O2. The minimum absolute atomic E-state index is 0.0240. The Morgan fingerprint density at radius 3 is 2.50 bits per heavy atom. The molecule has 0 N–H and O–H groups in total. The Kier molecular flexibility index (Phi) is 5.27. The summed E-state index contributed by atoms with van der Waals surface area (Å²) in [6.07, 6.45) is 1.46.